The number of thiophene rings is 1. The summed E-state index contributed by atoms with van der Waals surface area (Å²) in [6.45, 7) is 0. The summed E-state index contributed by atoms with van der Waals surface area (Å²) in [5, 5.41) is 11.5. The van der Waals surface area contributed by atoms with Gasteiger partial charge >= 0.3 is 0 Å². The summed E-state index contributed by atoms with van der Waals surface area (Å²) >= 11 is 1.63. The average Bonchev–Trinajstić information content (AvgIpc) is 2.94. The zero-order valence-electron chi connectivity index (χ0n) is 9.35. The lowest BCUT2D eigenvalue weighted by Crippen LogP contribution is -1.87. The van der Waals surface area contributed by atoms with E-state index >= 15 is 0 Å². The molecule has 0 bridgehead atoms. The Morgan fingerprint density at radius 2 is 2.22 bits per heavy atom. The van der Waals surface area contributed by atoms with Gasteiger partial charge in [-0.1, -0.05) is 6.08 Å². The molecular weight excluding hydrogens is 249 g/mol. The van der Waals surface area contributed by atoms with Crippen molar-refractivity contribution in [2.75, 3.05) is 5.73 Å². The fourth-order valence-electron chi connectivity index (χ4n) is 1.79. The van der Waals surface area contributed by atoms with Crippen LogP contribution in [0.1, 0.15) is 11.3 Å². The zero-order chi connectivity index (χ0) is 12.5. The third-order valence-electron chi connectivity index (χ3n) is 2.65. The monoisotopic (exact) mass is 259 g/mol. The summed E-state index contributed by atoms with van der Waals surface area (Å²) in [6, 6.07) is 5.01. The second kappa shape index (κ2) is 4.27. The van der Waals surface area contributed by atoms with E-state index in [0.29, 0.717) is 22.3 Å². The van der Waals surface area contributed by atoms with E-state index in [0.717, 1.165) is 5.56 Å². The number of rotatable bonds is 2. The molecule has 0 saturated carbocycles. The van der Waals surface area contributed by atoms with Crippen molar-refractivity contribution in [2.24, 2.45) is 0 Å². The standard InChI is InChI=1S/C13H10FN3S/c14-11-6-9(15)5-10-12(16-17-13(10)11)2-1-8-3-4-18-7-8/h1-7H,15H2,(H,16,17). The maximum atomic E-state index is 13.6. The van der Waals surface area contributed by atoms with Gasteiger partial charge in [0.15, 0.2) is 5.82 Å². The number of nitrogens with two attached hydrogens (primary N) is 1. The Bertz CT molecular complexity index is 713. The summed E-state index contributed by atoms with van der Waals surface area (Å²) in [4.78, 5) is 0. The highest BCUT2D eigenvalue weighted by Gasteiger charge is 2.08. The van der Waals surface area contributed by atoms with Crippen molar-refractivity contribution >= 4 is 40.1 Å². The minimum Gasteiger partial charge on any atom is -0.399 e. The van der Waals surface area contributed by atoms with Crippen molar-refractivity contribution in [1.82, 2.24) is 10.2 Å². The normalized spacial score (nSPS) is 11.6. The molecule has 0 amide bonds. The van der Waals surface area contributed by atoms with E-state index < -0.39 is 0 Å². The Balaban J connectivity index is 2.08. The number of aromatic amines is 1. The minimum atomic E-state index is -0.382. The van der Waals surface area contributed by atoms with Crippen molar-refractivity contribution in [3.8, 4) is 0 Å². The number of anilines is 1. The van der Waals surface area contributed by atoms with Crippen LogP contribution in [0.3, 0.4) is 0 Å². The molecule has 3 rings (SSSR count). The maximum Gasteiger partial charge on any atom is 0.150 e. The van der Waals surface area contributed by atoms with Crippen LogP contribution >= 0.6 is 11.3 Å². The zero-order valence-corrected chi connectivity index (χ0v) is 10.2. The van der Waals surface area contributed by atoms with Gasteiger partial charge in [-0.3, -0.25) is 5.10 Å². The highest BCUT2D eigenvalue weighted by atomic mass is 32.1. The van der Waals surface area contributed by atoms with E-state index in [1.165, 1.54) is 6.07 Å². The molecule has 0 saturated heterocycles. The predicted molar refractivity (Wildman–Crippen MR) is 73.7 cm³/mol. The second-order valence-electron chi connectivity index (χ2n) is 3.92. The fraction of sp³-hybridized carbons (Fsp3) is 0. The lowest BCUT2D eigenvalue weighted by molar-refractivity contribution is 0.637. The number of hydrogen-bond acceptors (Lipinski definition) is 3. The summed E-state index contributed by atoms with van der Waals surface area (Å²) in [5.41, 5.74) is 8.20. The first-order chi connectivity index (χ1) is 8.74. The average molecular weight is 259 g/mol. The Morgan fingerprint density at radius 1 is 1.33 bits per heavy atom. The van der Waals surface area contributed by atoms with Crippen molar-refractivity contribution in [3.63, 3.8) is 0 Å². The number of halogens is 1. The molecule has 0 aliphatic rings. The third kappa shape index (κ3) is 1.89. The summed E-state index contributed by atoms with van der Waals surface area (Å²) in [7, 11) is 0. The van der Waals surface area contributed by atoms with Gasteiger partial charge in [-0.15, -0.1) is 0 Å². The Hall–Kier alpha value is -2.14. The Kier molecular flexibility index (Phi) is 2.60. The van der Waals surface area contributed by atoms with E-state index in [4.69, 9.17) is 5.73 Å². The molecule has 1 aromatic carbocycles. The SMILES string of the molecule is Nc1cc(F)c2[nH]nc(C=Cc3ccsc3)c2c1. The number of hydrogen-bond donors (Lipinski definition) is 2. The van der Waals surface area contributed by atoms with E-state index in [1.54, 1.807) is 17.4 Å². The molecule has 90 valence electrons. The Labute approximate surface area is 107 Å². The molecule has 0 radical (unpaired) electrons. The second-order valence-corrected chi connectivity index (χ2v) is 4.70. The van der Waals surface area contributed by atoms with Crippen LogP contribution in [0.5, 0.6) is 0 Å². The van der Waals surface area contributed by atoms with Crippen LogP contribution in [0.15, 0.2) is 29.0 Å². The van der Waals surface area contributed by atoms with Crippen LogP contribution in [0, 0.1) is 5.82 Å². The molecule has 0 spiro atoms. The molecule has 0 unspecified atom stereocenters. The first-order valence-corrected chi connectivity index (χ1v) is 6.32. The molecule has 5 heteroatoms. The van der Waals surface area contributed by atoms with Crippen LogP contribution in [0.4, 0.5) is 10.1 Å². The molecule has 0 aliphatic carbocycles. The number of aromatic nitrogens is 2. The van der Waals surface area contributed by atoms with Crippen molar-refractivity contribution in [3.05, 3.63) is 46.0 Å². The number of nitrogens with one attached hydrogen (secondary N) is 1. The minimum absolute atomic E-state index is 0.382. The predicted octanol–water partition coefficient (Wildman–Crippen LogP) is 3.52. The Morgan fingerprint density at radius 3 is 3.00 bits per heavy atom. The molecule has 3 nitrogen and oxygen atoms in total. The molecule has 3 aromatic rings. The van der Waals surface area contributed by atoms with Crippen LogP contribution in [0.2, 0.25) is 0 Å². The first-order valence-electron chi connectivity index (χ1n) is 5.37. The summed E-state index contributed by atoms with van der Waals surface area (Å²) in [6.07, 6.45) is 3.78. The van der Waals surface area contributed by atoms with E-state index in [2.05, 4.69) is 10.2 Å². The van der Waals surface area contributed by atoms with Crippen LogP contribution in [0.25, 0.3) is 23.1 Å². The molecule has 0 fully saturated rings. The number of nitrogens with zero attached hydrogens (tertiary/aromatic N) is 1. The van der Waals surface area contributed by atoms with Gasteiger partial charge in [0.05, 0.1) is 5.69 Å². The third-order valence-corrected chi connectivity index (χ3v) is 3.35. The van der Waals surface area contributed by atoms with Gasteiger partial charge in [0.2, 0.25) is 0 Å². The van der Waals surface area contributed by atoms with Gasteiger partial charge in [0, 0.05) is 11.1 Å². The number of benzene rings is 1. The van der Waals surface area contributed by atoms with Crippen LogP contribution in [-0.4, -0.2) is 10.2 Å². The number of H-pyrrole nitrogens is 1. The number of nitrogen functional groups attached to an aromatic ring is 1. The molecule has 2 heterocycles. The quantitative estimate of drug-likeness (QED) is 0.692. The molecule has 0 aliphatic heterocycles. The summed E-state index contributed by atoms with van der Waals surface area (Å²) < 4.78 is 13.6. The van der Waals surface area contributed by atoms with Crippen LogP contribution < -0.4 is 5.73 Å². The van der Waals surface area contributed by atoms with E-state index in [-0.39, 0.29) is 5.82 Å². The van der Waals surface area contributed by atoms with Gasteiger partial charge in [0.1, 0.15) is 5.52 Å². The molecule has 18 heavy (non-hydrogen) atoms. The van der Waals surface area contributed by atoms with Gasteiger partial charge in [-0.05, 0) is 40.6 Å². The number of fused-ring (bicyclic) bond motifs is 1. The molecule has 3 N–H and O–H groups in total. The topological polar surface area (TPSA) is 54.7 Å². The lowest BCUT2D eigenvalue weighted by Gasteiger charge is -1.95. The van der Waals surface area contributed by atoms with Gasteiger partial charge in [0.25, 0.3) is 0 Å². The smallest absolute Gasteiger partial charge is 0.150 e. The van der Waals surface area contributed by atoms with Crippen molar-refractivity contribution in [1.29, 1.82) is 0 Å². The molecule has 2 aromatic heterocycles. The van der Waals surface area contributed by atoms with Gasteiger partial charge in [-0.25, -0.2) is 4.39 Å². The van der Waals surface area contributed by atoms with Gasteiger partial charge in [-0.2, -0.15) is 16.4 Å². The summed E-state index contributed by atoms with van der Waals surface area (Å²) in [5.74, 6) is -0.382. The van der Waals surface area contributed by atoms with E-state index in [1.807, 2.05) is 29.0 Å². The molecular formula is C13H10FN3S. The first kappa shape index (κ1) is 11.0. The lowest BCUT2D eigenvalue weighted by atomic mass is 10.1. The molecule has 0 atom stereocenters. The maximum absolute atomic E-state index is 13.6. The van der Waals surface area contributed by atoms with Crippen molar-refractivity contribution < 1.29 is 4.39 Å². The highest BCUT2D eigenvalue weighted by Crippen LogP contribution is 2.23. The fourth-order valence-corrected chi connectivity index (χ4v) is 2.42. The van der Waals surface area contributed by atoms with Gasteiger partial charge < -0.3 is 5.73 Å². The van der Waals surface area contributed by atoms with E-state index in [9.17, 15) is 4.39 Å². The van der Waals surface area contributed by atoms with Crippen LogP contribution in [-0.2, 0) is 0 Å². The highest BCUT2D eigenvalue weighted by molar-refractivity contribution is 7.08. The van der Waals surface area contributed by atoms with Crippen molar-refractivity contribution in [2.45, 2.75) is 0 Å². The largest absolute Gasteiger partial charge is 0.399 e.